The molecule has 3 aromatic rings. The molecular weight excluding hydrogens is 332 g/mol. The average Bonchev–Trinajstić information content (AvgIpc) is 2.68. The summed E-state index contributed by atoms with van der Waals surface area (Å²) < 4.78 is 15.8. The molecule has 0 spiro atoms. The van der Waals surface area contributed by atoms with Crippen LogP contribution in [-0.2, 0) is 0 Å². The van der Waals surface area contributed by atoms with Crippen molar-refractivity contribution in [3.05, 3.63) is 54.7 Å². The fourth-order valence-electron chi connectivity index (χ4n) is 2.36. The van der Waals surface area contributed by atoms with E-state index in [1.165, 1.54) is 0 Å². The molecule has 0 saturated carbocycles. The quantitative estimate of drug-likeness (QED) is 0.666. The molecule has 2 aromatic carbocycles. The molecule has 0 aliphatic carbocycles. The number of nitrogens with one attached hydrogen (secondary N) is 2. The second-order valence-electron chi connectivity index (χ2n) is 5.31. The van der Waals surface area contributed by atoms with Crippen LogP contribution in [0.5, 0.6) is 17.2 Å². The number of ether oxygens (including phenoxy) is 3. The summed E-state index contributed by atoms with van der Waals surface area (Å²) in [6.07, 6.45) is 1.67. The topological polar surface area (TPSA) is 77.5 Å². The standard InChI is InChI=1S/C19H20N4O3/c1-24-14-6-4-5-13(11-14)21-18-9-10-20-19(23-18)22-16-8-7-15(25-2)12-17(16)26-3/h4-12H,1-3H3,(H2,20,21,22,23). The number of hydrogen-bond acceptors (Lipinski definition) is 7. The Balaban J connectivity index is 1.79. The van der Waals surface area contributed by atoms with Gasteiger partial charge in [0, 0.05) is 24.0 Å². The third-order valence-corrected chi connectivity index (χ3v) is 3.65. The van der Waals surface area contributed by atoms with Crippen molar-refractivity contribution in [1.29, 1.82) is 0 Å². The van der Waals surface area contributed by atoms with E-state index in [2.05, 4.69) is 20.6 Å². The second-order valence-corrected chi connectivity index (χ2v) is 5.31. The molecule has 2 N–H and O–H groups in total. The maximum Gasteiger partial charge on any atom is 0.229 e. The van der Waals surface area contributed by atoms with Crippen molar-refractivity contribution in [3.63, 3.8) is 0 Å². The SMILES string of the molecule is COc1cccc(Nc2ccnc(Nc3ccc(OC)cc3OC)n2)c1. The summed E-state index contributed by atoms with van der Waals surface area (Å²) in [5.41, 5.74) is 1.61. The Bertz CT molecular complexity index is 886. The first-order valence-corrected chi connectivity index (χ1v) is 7.95. The molecule has 0 aliphatic heterocycles. The van der Waals surface area contributed by atoms with E-state index in [1.807, 2.05) is 36.4 Å². The van der Waals surface area contributed by atoms with Crippen LogP contribution >= 0.6 is 0 Å². The van der Waals surface area contributed by atoms with E-state index in [0.717, 1.165) is 17.1 Å². The van der Waals surface area contributed by atoms with Gasteiger partial charge in [-0.15, -0.1) is 0 Å². The van der Waals surface area contributed by atoms with Gasteiger partial charge in [0.05, 0.1) is 27.0 Å². The molecule has 26 heavy (non-hydrogen) atoms. The predicted molar refractivity (Wildman–Crippen MR) is 101 cm³/mol. The number of rotatable bonds is 7. The number of aromatic nitrogens is 2. The lowest BCUT2D eigenvalue weighted by atomic mass is 10.2. The van der Waals surface area contributed by atoms with Gasteiger partial charge in [0.2, 0.25) is 5.95 Å². The highest BCUT2D eigenvalue weighted by molar-refractivity contribution is 5.66. The number of methoxy groups -OCH3 is 3. The van der Waals surface area contributed by atoms with Crippen molar-refractivity contribution in [1.82, 2.24) is 9.97 Å². The lowest BCUT2D eigenvalue weighted by Gasteiger charge is -2.12. The molecule has 0 atom stereocenters. The Hall–Kier alpha value is -3.48. The van der Waals surface area contributed by atoms with Gasteiger partial charge >= 0.3 is 0 Å². The van der Waals surface area contributed by atoms with Gasteiger partial charge in [-0.05, 0) is 30.3 Å². The van der Waals surface area contributed by atoms with Crippen LogP contribution in [-0.4, -0.2) is 31.3 Å². The van der Waals surface area contributed by atoms with Gasteiger partial charge in [0.25, 0.3) is 0 Å². The summed E-state index contributed by atoms with van der Waals surface area (Å²) in [7, 11) is 4.84. The van der Waals surface area contributed by atoms with Crippen molar-refractivity contribution in [3.8, 4) is 17.2 Å². The van der Waals surface area contributed by atoms with E-state index in [1.54, 1.807) is 39.7 Å². The molecule has 0 aliphatic rings. The molecule has 0 bridgehead atoms. The highest BCUT2D eigenvalue weighted by Gasteiger charge is 2.08. The normalized spacial score (nSPS) is 10.1. The van der Waals surface area contributed by atoms with Crippen LogP contribution in [0.3, 0.4) is 0 Å². The highest BCUT2D eigenvalue weighted by Crippen LogP contribution is 2.31. The molecule has 7 nitrogen and oxygen atoms in total. The number of anilines is 4. The summed E-state index contributed by atoms with van der Waals surface area (Å²) in [5, 5.41) is 6.39. The van der Waals surface area contributed by atoms with Crippen LogP contribution in [0.2, 0.25) is 0 Å². The van der Waals surface area contributed by atoms with Gasteiger partial charge in [-0.2, -0.15) is 4.98 Å². The van der Waals surface area contributed by atoms with Gasteiger partial charge in [-0.1, -0.05) is 6.07 Å². The Morgan fingerprint density at radius 3 is 2.38 bits per heavy atom. The molecule has 1 heterocycles. The van der Waals surface area contributed by atoms with Gasteiger partial charge in [-0.25, -0.2) is 4.98 Å². The van der Waals surface area contributed by atoms with Gasteiger partial charge in [0.15, 0.2) is 0 Å². The smallest absolute Gasteiger partial charge is 0.229 e. The van der Waals surface area contributed by atoms with Crippen molar-refractivity contribution < 1.29 is 14.2 Å². The summed E-state index contributed by atoms with van der Waals surface area (Å²) in [6.45, 7) is 0. The van der Waals surface area contributed by atoms with E-state index in [-0.39, 0.29) is 0 Å². The first-order chi connectivity index (χ1) is 12.7. The van der Waals surface area contributed by atoms with Crippen LogP contribution in [0.4, 0.5) is 23.1 Å². The van der Waals surface area contributed by atoms with Crippen molar-refractivity contribution in [2.45, 2.75) is 0 Å². The summed E-state index contributed by atoms with van der Waals surface area (Å²) >= 11 is 0. The molecular formula is C19H20N4O3. The van der Waals surface area contributed by atoms with Crippen LogP contribution in [0.25, 0.3) is 0 Å². The van der Waals surface area contributed by atoms with E-state index >= 15 is 0 Å². The van der Waals surface area contributed by atoms with E-state index in [0.29, 0.717) is 23.3 Å². The zero-order valence-corrected chi connectivity index (χ0v) is 14.8. The minimum absolute atomic E-state index is 0.446. The minimum Gasteiger partial charge on any atom is -0.497 e. The predicted octanol–water partition coefficient (Wildman–Crippen LogP) is 3.99. The van der Waals surface area contributed by atoms with Crippen molar-refractivity contribution in [2.75, 3.05) is 32.0 Å². The fourth-order valence-corrected chi connectivity index (χ4v) is 2.36. The maximum atomic E-state index is 5.38. The largest absolute Gasteiger partial charge is 0.497 e. The van der Waals surface area contributed by atoms with Gasteiger partial charge in [0.1, 0.15) is 23.1 Å². The zero-order chi connectivity index (χ0) is 18.4. The lowest BCUT2D eigenvalue weighted by molar-refractivity contribution is 0.395. The average molecular weight is 352 g/mol. The summed E-state index contributed by atoms with van der Waals surface area (Å²) in [4.78, 5) is 8.73. The van der Waals surface area contributed by atoms with Gasteiger partial charge in [-0.3, -0.25) is 0 Å². The molecule has 0 amide bonds. The molecule has 7 heteroatoms. The summed E-state index contributed by atoms with van der Waals surface area (Å²) in [5.74, 6) is 3.22. The number of benzene rings is 2. The third-order valence-electron chi connectivity index (χ3n) is 3.65. The molecule has 3 rings (SSSR count). The first kappa shape index (κ1) is 17.3. The van der Waals surface area contributed by atoms with Crippen LogP contribution in [0, 0.1) is 0 Å². The summed E-state index contributed by atoms with van der Waals surface area (Å²) in [6, 6.07) is 14.9. The van der Waals surface area contributed by atoms with E-state index < -0.39 is 0 Å². The van der Waals surface area contributed by atoms with E-state index in [4.69, 9.17) is 14.2 Å². The second kappa shape index (κ2) is 8.06. The Morgan fingerprint density at radius 2 is 1.62 bits per heavy atom. The molecule has 0 unspecified atom stereocenters. The molecule has 134 valence electrons. The first-order valence-electron chi connectivity index (χ1n) is 7.95. The Kier molecular flexibility index (Phi) is 5.38. The number of hydrogen-bond donors (Lipinski definition) is 2. The van der Waals surface area contributed by atoms with Crippen molar-refractivity contribution >= 4 is 23.1 Å². The Labute approximate surface area is 152 Å². The number of nitrogens with zero attached hydrogens (tertiary/aromatic N) is 2. The fraction of sp³-hybridized carbons (Fsp3) is 0.158. The highest BCUT2D eigenvalue weighted by atomic mass is 16.5. The molecule has 0 radical (unpaired) electrons. The zero-order valence-electron chi connectivity index (χ0n) is 14.8. The maximum absolute atomic E-state index is 5.38. The lowest BCUT2D eigenvalue weighted by Crippen LogP contribution is -2.02. The van der Waals surface area contributed by atoms with Crippen molar-refractivity contribution in [2.24, 2.45) is 0 Å². The minimum atomic E-state index is 0.446. The molecule has 0 fully saturated rings. The van der Waals surface area contributed by atoms with Crippen LogP contribution < -0.4 is 24.8 Å². The van der Waals surface area contributed by atoms with E-state index in [9.17, 15) is 0 Å². The monoisotopic (exact) mass is 352 g/mol. The van der Waals surface area contributed by atoms with Gasteiger partial charge < -0.3 is 24.8 Å². The van der Waals surface area contributed by atoms with Crippen LogP contribution in [0.15, 0.2) is 54.7 Å². The van der Waals surface area contributed by atoms with Crippen LogP contribution in [0.1, 0.15) is 0 Å². The molecule has 0 saturated heterocycles. The molecule has 1 aromatic heterocycles. The Morgan fingerprint density at radius 1 is 0.808 bits per heavy atom. The third kappa shape index (κ3) is 4.13.